The lowest BCUT2D eigenvalue weighted by Crippen LogP contribution is -2.50. The molecule has 5 nitrogen and oxygen atoms in total. The second-order valence-corrected chi connectivity index (χ2v) is 9.86. The van der Waals surface area contributed by atoms with Crippen LogP contribution in [0.25, 0.3) is 0 Å². The first kappa shape index (κ1) is 18.0. The van der Waals surface area contributed by atoms with Crippen molar-refractivity contribution in [1.29, 1.82) is 0 Å². The number of hydrogen-bond acceptors (Lipinski definition) is 5. The highest BCUT2D eigenvalue weighted by Crippen LogP contribution is 2.27. The van der Waals surface area contributed by atoms with E-state index >= 15 is 0 Å². The summed E-state index contributed by atoms with van der Waals surface area (Å²) in [5, 5.41) is 3.55. The van der Waals surface area contributed by atoms with Gasteiger partial charge in [-0.25, -0.2) is 8.42 Å². The molecule has 1 amide bonds. The van der Waals surface area contributed by atoms with Gasteiger partial charge in [-0.15, -0.1) is 11.8 Å². The van der Waals surface area contributed by atoms with Gasteiger partial charge in [0.1, 0.15) is 0 Å². The van der Waals surface area contributed by atoms with Crippen LogP contribution in [0.3, 0.4) is 0 Å². The fourth-order valence-electron chi connectivity index (χ4n) is 3.35. The Bertz CT molecular complexity index is 705. The molecule has 2 unspecified atom stereocenters. The number of thioether (sulfide) groups is 1. The average Bonchev–Trinajstić information content (AvgIpc) is 3.14. The van der Waals surface area contributed by atoms with Gasteiger partial charge in [0, 0.05) is 10.9 Å². The number of likely N-dealkylation sites (tertiary alicyclic amines) is 1. The molecule has 1 aromatic carbocycles. The maximum atomic E-state index is 12.3. The molecular formula is C16H21ClN2O3S2. The fourth-order valence-corrected chi connectivity index (χ4v) is 6.36. The van der Waals surface area contributed by atoms with Gasteiger partial charge in [-0.2, -0.15) is 0 Å². The van der Waals surface area contributed by atoms with Gasteiger partial charge in [0.25, 0.3) is 0 Å². The van der Waals surface area contributed by atoms with Crippen LogP contribution in [0, 0.1) is 0 Å². The minimum atomic E-state index is -3.09. The van der Waals surface area contributed by atoms with Crippen LogP contribution in [-0.2, 0) is 14.6 Å². The molecule has 0 saturated carbocycles. The van der Waals surface area contributed by atoms with E-state index in [-0.39, 0.29) is 35.2 Å². The van der Waals surface area contributed by atoms with E-state index < -0.39 is 9.84 Å². The van der Waals surface area contributed by atoms with E-state index in [4.69, 9.17) is 11.6 Å². The molecule has 1 N–H and O–H groups in total. The maximum absolute atomic E-state index is 12.3. The third kappa shape index (κ3) is 4.45. The van der Waals surface area contributed by atoms with Crippen molar-refractivity contribution in [2.75, 3.05) is 30.3 Å². The molecular weight excluding hydrogens is 368 g/mol. The van der Waals surface area contributed by atoms with E-state index in [1.54, 1.807) is 6.07 Å². The summed E-state index contributed by atoms with van der Waals surface area (Å²) in [4.78, 5) is 15.3. The highest BCUT2D eigenvalue weighted by atomic mass is 35.5. The van der Waals surface area contributed by atoms with Crippen molar-refractivity contribution in [1.82, 2.24) is 10.2 Å². The van der Waals surface area contributed by atoms with Crippen molar-refractivity contribution in [3.05, 3.63) is 29.3 Å². The highest BCUT2D eigenvalue weighted by Gasteiger charge is 2.42. The minimum Gasteiger partial charge on any atom is -0.350 e. The van der Waals surface area contributed by atoms with E-state index in [1.807, 2.05) is 18.2 Å². The van der Waals surface area contributed by atoms with Crippen LogP contribution in [0.1, 0.15) is 12.8 Å². The highest BCUT2D eigenvalue weighted by molar-refractivity contribution is 8.00. The van der Waals surface area contributed by atoms with Gasteiger partial charge in [0.05, 0.1) is 28.3 Å². The molecule has 3 rings (SSSR count). The van der Waals surface area contributed by atoms with Crippen LogP contribution >= 0.6 is 23.4 Å². The molecule has 2 atom stereocenters. The topological polar surface area (TPSA) is 66.5 Å². The lowest BCUT2D eigenvalue weighted by molar-refractivity contribution is -0.119. The summed E-state index contributed by atoms with van der Waals surface area (Å²) in [7, 11) is -3.09. The molecule has 2 aliphatic rings. The van der Waals surface area contributed by atoms with Gasteiger partial charge >= 0.3 is 0 Å². The van der Waals surface area contributed by atoms with E-state index in [1.165, 1.54) is 11.8 Å². The summed E-state index contributed by atoms with van der Waals surface area (Å²) in [5.41, 5.74) is 0. The molecule has 2 heterocycles. The Labute approximate surface area is 152 Å². The number of amides is 1. The molecule has 1 aromatic rings. The Kier molecular flexibility index (Phi) is 5.74. The predicted octanol–water partition coefficient (Wildman–Crippen LogP) is 1.81. The first-order valence-corrected chi connectivity index (χ1v) is 11.2. The van der Waals surface area contributed by atoms with Crippen molar-refractivity contribution in [3.8, 4) is 0 Å². The van der Waals surface area contributed by atoms with Crippen LogP contribution in [0.5, 0.6) is 0 Å². The second kappa shape index (κ2) is 7.64. The first-order chi connectivity index (χ1) is 11.4. The largest absolute Gasteiger partial charge is 0.350 e. The van der Waals surface area contributed by atoms with Crippen LogP contribution in [0.4, 0.5) is 0 Å². The normalized spacial score (nSPS) is 26.5. The van der Waals surface area contributed by atoms with Crippen molar-refractivity contribution in [2.24, 2.45) is 0 Å². The smallest absolute Gasteiger partial charge is 0.230 e. The molecule has 0 radical (unpaired) electrons. The SMILES string of the molecule is O=C(CSc1ccccc1Cl)NC1CS(=O)(=O)CC1N1CCCC1. The van der Waals surface area contributed by atoms with Crippen molar-refractivity contribution < 1.29 is 13.2 Å². The number of carbonyl (C=O) groups is 1. The first-order valence-electron chi connectivity index (χ1n) is 8.06. The molecule has 0 spiro atoms. The van der Waals surface area contributed by atoms with E-state index in [2.05, 4.69) is 10.2 Å². The molecule has 2 saturated heterocycles. The summed E-state index contributed by atoms with van der Waals surface area (Å²) in [5.74, 6) is 0.269. The van der Waals surface area contributed by atoms with E-state index in [9.17, 15) is 13.2 Å². The Balaban J connectivity index is 1.59. The molecule has 8 heteroatoms. The summed E-state index contributed by atoms with van der Waals surface area (Å²) in [6.45, 7) is 1.84. The van der Waals surface area contributed by atoms with Gasteiger partial charge in [-0.05, 0) is 38.1 Å². The number of hydrogen-bond donors (Lipinski definition) is 1. The molecule has 0 aliphatic carbocycles. The Morgan fingerprint density at radius 1 is 1.25 bits per heavy atom. The average molecular weight is 389 g/mol. The second-order valence-electron chi connectivity index (χ2n) is 6.28. The number of sulfone groups is 1. The van der Waals surface area contributed by atoms with Gasteiger partial charge in [0.15, 0.2) is 9.84 Å². The summed E-state index contributed by atoms with van der Waals surface area (Å²) in [6.07, 6.45) is 2.19. The molecule has 0 bridgehead atoms. The number of halogens is 1. The Morgan fingerprint density at radius 3 is 2.67 bits per heavy atom. The van der Waals surface area contributed by atoms with Crippen LogP contribution in [-0.4, -0.2) is 61.7 Å². The quantitative estimate of drug-likeness (QED) is 0.779. The zero-order valence-corrected chi connectivity index (χ0v) is 15.7. The lowest BCUT2D eigenvalue weighted by Gasteiger charge is -2.28. The number of carbonyl (C=O) groups excluding carboxylic acids is 1. The van der Waals surface area contributed by atoms with Crippen LogP contribution < -0.4 is 5.32 Å². The Morgan fingerprint density at radius 2 is 1.96 bits per heavy atom. The third-order valence-electron chi connectivity index (χ3n) is 4.47. The lowest BCUT2D eigenvalue weighted by atomic mass is 10.1. The van der Waals surface area contributed by atoms with Crippen molar-refractivity contribution in [2.45, 2.75) is 29.8 Å². The van der Waals surface area contributed by atoms with Gasteiger partial charge < -0.3 is 5.32 Å². The molecule has 24 heavy (non-hydrogen) atoms. The predicted molar refractivity (Wildman–Crippen MR) is 97.4 cm³/mol. The number of rotatable bonds is 5. The number of nitrogens with one attached hydrogen (secondary N) is 1. The maximum Gasteiger partial charge on any atom is 0.230 e. The molecule has 132 valence electrons. The minimum absolute atomic E-state index is 0.0384. The number of nitrogens with zero attached hydrogens (tertiary/aromatic N) is 1. The van der Waals surface area contributed by atoms with Crippen molar-refractivity contribution >= 4 is 39.1 Å². The van der Waals surface area contributed by atoms with Crippen molar-refractivity contribution in [3.63, 3.8) is 0 Å². The molecule has 2 fully saturated rings. The van der Waals surface area contributed by atoms with E-state index in [0.717, 1.165) is 30.8 Å². The summed E-state index contributed by atoms with van der Waals surface area (Å²) >= 11 is 7.45. The van der Waals surface area contributed by atoms with Crippen LogP contribution in [0.2, 0.25) is 5.02 Å². The fraction of sp³-hybridized carbons (Fsp3) is 0.562. The monoisotopic (exact) mass is 388 g/mol. The summed E-state index contributed by atoms with van der Waals surface area (Å²) < 4.78 is 24.0. The van der Waals surface area contributed by atoms with Gasteiger partial charge in [0.2, 0.25) is 5.91 Å². The van der Waals surface area contributed by atoms with Gasteiger partial charge in [-0.1, -0.05) is 23.7 Å². The molecule has 0 aromatic heterocycles. The molecule has 2 aliphatic heterocycles. The zero-order valence-electron chi connectivity index (χ0n) is 13.3. The summed E-state index contributed by atoms with van der Waals surface area (Å²) in [6, 6.07) is 6.97. The van der Waals surface area contributed by atoms with E-state index in [0.29, 0.717) is 5.02 Å². The van der Waals surface area contributed by atoms with Crippen LogP contribution in [0.15, 0.2) is 29.2 Å². The zero-order chi connectivity index (χ0) is 17.2. The third-order valence-corrected chi connectivity index (χ3v) is 7.71. The Hall–Kier alpha value is -0.760. The van der Waals surface area contributed by atoms with Gasteiger partial charge in [-0.3, -0.25) is 9.69 Å². The standard InChI is InChI=1S/C16H21ClN2O3S2/c17-12-5-1-2-6-15(12)23-9-16(20)18-13-10-24(21,22)11-14(13)19-7-3-4-8-19/h1-2,5-6,13-14H,3-4,7-11H2,(H,18,20). The number of benzene rings is 1.